The molecule has 128 valence electrons. The van der Waals surface area contributed by atoms with Crippen LogP contribution in [0.25, 0.3) is 0 Å². The summed E-state index contributed by atoms with van der Waals surface area (Å²) in [5.41, 5.74) is 0.980. The lowest BCUT2D eigenvalue weighted by Gasteiger charge is -2.21. The normalized spacial score (nSPS) is 11.7. The second kappa shape index (κ2) is 7.60. The van der Waals surface area contributed by atoms with Crippen molar-refractivity contribution in [3.05, 3.63) is 64.3 Å². The first-order valence-corrected chi connectivity index (χ1v) is 8.01. The Balaban J connectivity index is 2.07. The average Bonchev–Trinajstić information content (AvgIpc) is 2.67. The summed E-state index contributed by atoms with van der Waals surface area (Å²) in [6, 6.07) is 13.3. The molecule has 0 saturated carbocycles. The Morgan fingerprint density at radius 2 is 1.81 bits per heavy atom. The maximum absolute atomic E-state index is 12.9. The standard InChI is InChI=1S/C19H12ClN3O3/c20-14-3-1-2-13(6-14)19(24)15-7-17-18(26-5-4-25-17)8-16(15)23-11-12(9-21)10-22/h1-3,6-8,11,23H,4-5H2. The minimum absolute atomic E-state index is 0.124. The molecule has 0 atom stereocenters. The van der Waals surface area contributed by atoms with Crippen LogP contribution in [0.2, 0.25) is 5.02 Å². The van der Waals surface area contributed by atoms with E-state index in [0.29, 0.717) is 46.5 Å². The van der Waals surface area contributed by atoms with E-state index in [1.807, 2.05) is 0 Å². The zero-order valence-corrected chi connectivity index (χ0v) is 14.2. The highest BCUT2D eigenvalue weighted by atomic mass is 35.5. The first-order chi connectivity index (χ1) is 12.6. The van der Waals surface area contributed by atoms with E-state index in [4.69, 9.17) is 31.6 Å². The number of nitriles is 2. The Bertz CT molecular complexity index is 970. The van der Waals surface area contributed by atoms with Gasteiger partial charge in [-0.2, -0.15) is 10.5 Å². The van der Waals surface area contributed by atoms with Crippen LogP contribution in [0.4, 0.5) is 5.69 Å². The van der Waals surface area contributed by atoms with E-state index in [1.165, 1.54) is 6.20 Å². The molecule has 0 amide bonds. The second-order valence-electron chi connectivity index (χ2n) is 5.31. The Kier molecular flexibility index (Phi) is 5.07. The Hall–Kier alpha value is -3.48. The highest BCUT2D eigenvalue weighted by Gasteiger charge is 2.21. The minimum Gasteiger partial charge on any atom is -0.486 e. The molecule has 0 fully saturated rings. The van der Waals surface area contributed by atoms with E-state index >= 15 is 0 Å². The van der Waals surface area contributed by atoms with Crippen molar-refractivity contribution in [1.82, 2.24) is 0 Å². The maximum Gasteiger partial charge on any atom is 0.195 e. The lowest BCUT2D eigenvalue weighted by molar-refractivity contribution is 0.103. The highest BCUT2D eigenvalue weighted by molar-refractivity contribution is 6.31. The molecule has 2 aromatic carbocycles. The molecule has 0 radical (unpaired) electrons. The smallest absolute Gasteiger partial charge is 0.195 e. The van der Waals surface area contributed by atoms with Gasteiger partial charge in [-0.15, -0.1) is 0 Å². The molecule has 6 nitrogen and oxygen atoms in total. The van der Waals surface area contributed by atoms with Gasteiger partial charge in [-0.1, -0.05) is 23.7 Å². The summed E-state index contributed by atoms with van der Waals surface area (Å²) in [5.74, 6) is 0.651. The number of fused-ring (bicyclic) bond motifs is 1. The van der Waals surface area contributed by atoms with Crippen molar-refractivity contribution in [2.45, 2.75) is 0 Å². The summed E-state index contributed by atoms with van der Waals surface area (Å²) >= 11 is 5.98. The van der Waals surface area contributed by atoms with Gasteiger partial charge in [0.25, 0.3) is 0 Å². The van der Waals surface area contributed by atoms with E-state index in [9.17, 15) is 4.79 Å². The molecule has 0 unspecified atom stereocenters. The lowest BCUT2D eigenvalue weighted by Crippen LogP contribution is -2.17. The Morgan fingerprint density at radius 1 is 1.12 bits per heavy atom. The van der Waals surface area contributed by atoms with E-state index in [0.717, 1.165) is 0 Å². The molecular formula is C19H12ClN3O3. The molecule has 0 saturated heterocycles. The van der Waals surface area contributed by atoms with Crippen LogP contribution in [-0.2, 0) is 0 Å². The third kappa shape index (κ3) is 3.61. The number of carbonyl (C=O) groups excluding carboxylic acids is 1. The van der Waals surface area contributed by atoms with Gasteiger partial charge >= 0.3 is 0 Å². The number of nitrogens with one attached hydrogen (secondary N) is 1. The fraction of sp³-hybridized carbons (Fsp3) is 0.105. The van der Waals surface area contributed by atoms with Gasteiger partial charge in [-0.3, -0.25) is 4.79 Å². The molecular weight excluding hydrogens is 354 g/mol. The zero-order valence-electron chi connectivity index (χ0n) is 13.5. The molecule has 0 spiro atoms. The lowest BCUT2D eigenvalue weighted by atomic mass is 10.0. The molecule has 26 heavy (non-hydrogen) atoms. The van der Waals surface area contributed by atoms with Crippen molar-refractivity contribution in [2.75, 3.05) is 18.5 Å². The predicted octanol–water partition coefficient (Wildman–Crippen LogP) is 3.69. The largest absolute Gasteiger partial charge is 0.486 e. The molecule has 1 heterocycles. The van der Waals surface area contributed by atoms with Crippen molar-refractivity contribution in [1.29, 1.82) is 10.5 Å². The number of allylic oxidation sites excluding steroid dienone is 1. The minimum atomic E-state index is -0.282. The van der Waals surface area contributed by atoms with Crippen molar-refractivity contribution in [3.8, 4) is 23.6 Å². The number of halogens is 1. The number of anilines is 1. The number of ketones is 1. The van der Waals surface area contributed by atoms with Crippen LogP contribution < -0.4 is 14.8 Å². The number of rotatable bonds is 4. The summed E-state index contributed by atoms with van der Waals surface area (Å²) in [7, 11) is 0. The van der Waals surface area contributed by atoms with E-state index in [2.05, 4.69) is 5.32 Å². The average molecular weight is 366 g/mol. The molecule has 2 aromatic rings. The van der Waals surface area contributed by atoms with Crippen molar-refractivity contribution in [3.63, 3.8) is 0 Å². The van der Waals surface area contributed by atoms with Gasteiger partial charge in [-0.25, -0.2) is 0 Å². The monoisotopic (exact) mass is 365 g/mol. The van der Waals surface area contributed by atoms with Crippen LogP contribution >= 0.6 is 11.6 Å². The van der Waals surface area contributed by atoms with Crippen molar-refractivity contribution < 1.29 is 14.3 Å². The molecule has 0 bridgehead atoms. The molecule has 1 aliphatic heterocycles. The first kappa shape index (κ1) is 17.3. The molecule has 1 aliphatic rings. The van der Waals surface area contributed by atoms with Crippen LogP contribution in [0.5, 0.6) is 11.5 Å². The zero-order chi connectivity index (χ0) is 18.5. The molecule has 7 heteroatoms. The summed E-state index contributed by atoms with van der Waals surface area (Å²) in [4.78, 5) is 12.9. The number of benzene rings is 2. The van der Waals surface area contributed by atoms with Crippen LogP contribution in [0.1, 0.15) is 15.9 Å². The Labute approximate surface area is 154 Å². The summed E-state index contributed by atoms with van der Waals surface area (Å²) < 4.78 is 11.1. The van der Waals surface area contributed by atoms with Gasteiger partial charge in [0.1, 0.15) is 30.9 Å². The van der Waals surface area contributed by atoms with Crippen LogP contribution in [0.3, 0.4) is 0 Å². The first-order valence-electron chi connectivity index (χ1n) is 7.63. The topological polar surface area (TPSA) is 95.1 Å². The van der Waals surface area contributed by atoms with Gasteiger partial charge in [0, 0.05) is 28.4 Å². The van der Waals surface area contributed by atoms with E-state index in [-0.39, 0.29) is 11.4 Å². The number of ether oxygens (including phenoxy) is 2. The summed E-state index contributed by atoms with van der Waals surface area (Å²) in [5, 5.41) is 21.0. The second-order valence-corrected chi connectivity index (χ2v) is 5.74. The third-order valence-electron chi connectivity index (χ3n) is 3.63. The van der Waals surface area contributed by atoms with Gasteiger partial charge in [0.05, 0.1) is 5.69 Å². The van der Waals surface area contributed by atoms with Crippen molar-refractivity contribution in [2.24, 2.45) is 0 Å². The van der Waals surface area contributed by atoms with Crippen LogP contribution in [0, 0.1) is 22.7 Å². The predicted molar refractivity (Wildman–Crippen MR) is 95.2 cm³/mol. The SMILES string of the molecule is N#CC(C#N)=CNc1cc2c(cc1C(=O)c1cccc(Cl)c1)OCCO2. The fourth-order valence-corrected chi connectivity index (χ4v) is 2.61. The van der Waals surface area contributed by atoms with Gasteiger partial charge in [-0.05, 0) is 18.2 Å². The number of hydrogen-bond donors (Lipinski definition) is 1. The molecule has 3 rings (SSSR count). The van der Waals surface area contributed by atoms with Crippen LogP contribution in [0.15, 0.2) is 48.2 Å². The maximum atomic E-state index is 12.9. The third-order valence-corrected chi connectivity index (χ3v) is 3.86. The van der Waals surface area contributed by atoms with E-state index < -0.39 is 0 Å². The molecule has 0 aromatic heterocycles. The van der Waals surface area contributed by atoms with Crippen LogP contribution in [-0.4, -0.2) is 19.0 Å². The Morgan fingerprint density at radius 3 is 2.46 bits per heavy atom. The highest BCUT2D eigenvalue weighted by Crippen LogP contribution is 2.36. The van der Waals surface area contributed by atoms with Gasteiger partial charge in [0.15, 0.2) is 17.3 Å². The fourth-order valence-electron chi connectivity index (χ4n) is 2.42. The number of carbonyl (C=O) groups is 1. The van der Waals surface area contributed by atoms with Gasteiger partial charge < -0.3 is 14.8 Å². The van der Waals surface area contributed by atoms with Gasteiger partial charge in [0.2, 0.25) is 0 Å². The number of nitrogens with zero attached hydrogens (tertiary/aromatic N) is 2. The number of hydrogen-bond acceptors (Lipinski definition) is 6. The van der Waals surface area contributed by atoms with Crippen molar-refractivity contribution >= 4 is 23.1 Å². The molecule has 1 N–H and O–H groups in total. The summed E-state index contributed by atoms with van der Waals surface area (Å²) in [6.07, 6.45) is 1.24. The van der Waals surface area contributed by atoms with E-state index in [1.54, 1.807) is 48.5 Å². The molecule has 0 aliphatic carbocycles. The summed E-state index contributed by atoms with van der Waals surface area (Å²) in [6.45, 7) is 0.781. The quantitative estimate of drug-likeness (QED) is 0.655.